The highest BCUT2D eigenvalue weighted by atomic mass is 19.1. The second-order valence-electron chi connectivity index (χ2n) is 3.23. The van der Waals surface area contributed by atoms with Crippen molar-refractivity contribution in [3.8, 4) is 0 Å². The fourth-order valence-corrected chi connectivity index (χ4v) is 1.39. The van der Waals surface area contributed by atoms with Crippen molar-refractivity contribution in [1.82, 2.24) is 0 Å². The van der Waals surface area contributed by atoms with Crippen LogP contribution in [-0.2, 0) is 4.79 Å². The first-order valence-electron chi connectivity index (χ1n) is 4.46. The monoisotopic (exact) mass is 226 g/mol. The molecule has 0 aliphatic carbocycles. The molecule has 16 heavy (non-hydrogen) atoms. The Morgan fingerprint density at radius 1 is 1.38 bits per heavy atom. The zero-order valence-corrected chi connectivity index (χ0v) is 8.31. The Bertz CT molecular complexity index is 434. The molecule has 0 aliphatic heterocycles. The largest absolute Gasteiger partial charge is 0.395 e. The maximum Gasteiger partial charge on any atom is 0.249 e. The van der Waals surface area contributed by atoms with Crippen LogP contribution >= 0.6 is 0 Å². The van der Waals surface area contributed by atoms with E-state index in [1.165, 1.54) is 6.07 Å². The van der Waals surface area contributed by atoms with Crippen molar-refractivity contribution >= 4 is 11.8 Å². The molecule has 5 N–H and O–H groups in total. The zero-order valence-electron chi connectivity index (χ0n) is 8.31. The maximum absolute atomic E-state index is 12.9. The number of nitrogens with two attached hydrogens (primary N) is 2. The second kappa shape index (κ2) is 4.71. The van der Waals surface area contributed by atoms with Crippen molar-refractivity contribution in [2.45, 2.75) is 5.92 Å². The third-order valence-electron chi connectivity index (χ3n) is 2.18. The average molecular weight is 226 g/mol. The number of carbonyl (C=O) groups excluding carboxylic acids is 2. The van der Waals surface area contributed by atoms with E-state index in [-0.39, 0.29) is 11.1 Å². The molecule has 0 radical (unpaired) electrons. The van der Waals surface area contributed by atoms with Crippen molar-refractivity contribution < 1.29 is 19.1 Å². The molecule has 2 amide bonds. The molecule has 0 aromatic heterocycles. The summed E-state index contributed by atoms with van der Waals surface area (Å²) in [5.41, 5.74) is 10.1. The smallest absolute Gasteiger partial charge is 0.249 e. The molecule has 0 bridgehead atoms. The number of rotatable bonds is 4. The number of carbonyl (C=O) groups is 2. The van der Waals surface area contributed by atoms with Gasteiger partial charge in [-0.05, 0) is 17.7 Å². The summed E-state index contributed by atoms with van der Waals surface area (Å²) in [6.45, 7) is -0.568. The van der Waals surface area contributed by atoms with Crippen LogP contribution < -0.4 is 11.5 Å². The maximum atomic E-state index is 12.9. The highest BCUT2D eigenvalue weighted by molar-refractivity contribution is 5.96. The molecule has 5 nitrogen and oxygen atoms in total. The number of hydrogen-bond donors (Lipinski definition) is 3. The van der Waals surface area contributed by atoms with Gasteiger partial charge in [-0.2, -0.15) is 0 Å². The number of benzene rings is 1. The first-order chi connectivity index (χ1) is 7.47. The molecule has 0 unspecified atom stereocenters. The van der Waals surface area contributed by atoms with Crippen LogP contribution in [0.2, 0.25) is 0 Å². The Balaban J connectivity index is 3.31. The molecule has 0 saturated heterocycles. The molecule has 6 heteroatoms. The number of amides is 2. The van der Waals surface area contributed by atoms with Gasteiger partial charge in [0.15, 0.2) is 0 Å². The van der Waals surface area contributed by atoms with Gasteiger partial charge in [0.05, 0.1) is 12.5 Å². The first kappa shape index (κ1) is 12.1. The predicted molar refractivity (Wildman–Crippen MR) is 53.9 cm³/mol. The van der Waals surface area contributed by atoms with Gasteiger partial charge in [-0.15, -0.1) is 0 Å². The lowest BCUT2D eigenvalue weighted by Crippen LogP contribution is -2.27. The molecule has 0 heterocycles. The number of hydrogen-bond acceptors (Lipinski definition) is 3. The Kier molecular flexibility index (Phi) is 3.57. The lowest BCUT2D eigenvalue weighted by atomic mass is 9.94. The van der Waals surface area contributed by atoms with Gasteiger partial charge in [0.1, 0.15) is 5.82 Å². The van der Waals surface area contributed by atoms with Gasteiger partial charge in [0, 0.05) is 5.56 Å². The van der Waals surface area contributed by atoms with E-state index in [0.29, 0.717) is 0 Å². The molecule has 0 saturated carbocycles. The minimum absolute atomic E-state index is 0.129. The van der Waals surface area contributed by atoms with Crippen LogP contribution in [0, 0.1) is 5.82 Å². The van der Waals surface area contributed by atoms with Crippen LogP contribution in [0.3, 0.4) is 0 Å². The SMILES string of the molecule is NC(=O)c1cc(F)ccc1[C@@H](CO)C(N)=O. The lowest BCUT2D eigenvalue weighted by Gasteiger charge is -2.13. The summed E-state index contributed by atoms with van der Waals surface area (Å²) >= 11 is 0. The van der Waals surface area contributed by atoms with Crippen LogP contribution in [0.25, 0.3) is 0 Å². The number of halogens is 1. The highest BCUT2D eigenvalue weighted by Gasteiger charge is 2.22. The molecular weight excluding hydrogens is 215 g/mol. The fourth-order valence-electron chi connectivity index (χ4n) is 1.39. The van der Waals surface area contributed by atoms with Crippen LogP contribution in [-0.4, -0.2) is 23.5 Å². The summed E-state index contributed by atoms with van der Waals surface area (Å²) in [6, 6.07) is 3.18. The van der Waals surface area contributed by atoms with E-state index in [1.807, 2.05) is 0 Å². The number of primary amides is 2. The molecule has 1 atom stereocenters. The third kappa shape index (κ3) is 2.34. The molecule has 1 aromatic carbocycles. The second-order valence-corrected chi connectivity index (χ2v) is 3.23. The van der Waals surface area contributed by atoms with Crippen molar-refractivity contribution in [2.75, 3.05) is 6.61 Å². The van der Waals surface area contributed by atoms with Gasteiger partial charge < -0.3 is 16.6 Å². The summed E-state index contributed by atoms with van der Waals surface area (Å²) < 4.78 is 12.9. The van der Waals surface area contributed by atoms with Crippen molar-refractivity contribution in [1.29, 1.82) is 0 Å². The molecule has 1 rings (SSSR count). The summed E-state index contributed by atoms with van der Waals surface area (Å²) in [4.78, 5) is 22.0. The van der Waals surface area contributed by atoms with Crippen LogP contribution in [0.4, 0.5) is 4.39 Å². The number of aliphatic hydroxyl groups is 1. The van der Waals surface area contributed by atoms with Gasteiger partial charge in [-0.25, -0.2) is 4.39 Å². The summed E-state index contributed by atoms with van der Waals surface area (Å²) in [5, 5.41) is 8.98. The zero-order chi connectivity index (χ0) is 12.3. The normalized spacial score (nSPS) is 12.1. The summed E-state index contributed by atoms with van der Waals surface area (Å²) in [5.74, 6) is -3.41. The van der Waals surface area contributed by atoms with Gasteiger partial charge in [0.2, 0.25) is 11.8 Å². The average Bonchev–Trinajstić information content (AvgIpc) is 2.20. The lowest BCUT2D eigenvalue weighted by molar-refractivity contribution is -0.120. The minimum Gasteiger partial charge on any atom is -0.395 e. The van der Waals surface area contributed by atoms with E-state index in [1.54, 1.807) is 0 Å². The standard InChI is InChI=1S/C10H11FN2O3/c11-5-1-2-6(7(3-5)9(12)15)8(4-14)10(13)16/h1-3,8,14H,4H2,(H2,12,15)(H2,13,16)/t8-/m1/s1. The molecule has 86 valence electrons. The number of aliphatic hydroxyl groups excluding tert-OH is 1. The van der Waals surface area contributed by atoms with Crippen LogP contribution in [0.15, 0.2) is 18.2 Å². The predicted octanol–water partition coefficient (Wildman–Crippen LogP) is -0.514. The van der Waals surface area contributed by atoms with E-state index < -0.39 is 30.2 Å². The Labute approximate surface area is 90.9 Å². The van der Waals surface area contributed by atoms with Crippen molar-refractivity contribution in [3.05, 3.63) is 35.1 Å². The topological polar surface area (TPSA) is 106 Å². The van der Waals surface area contributed by atoms with E-state index in [0.717, 1.165) is 12.1 Å². The Morgan fingerprint density at radius 2 is 2.00 bits per heavy atom. The summed E-state index contributed by atoms with van der Waals surface area (Å²) in [7, 11) is 0. The first-order valence-corrected chi connectivity index (χ1v) is 4.46. The van der Waals surface area contributed by atoms with E-state index in [9.17, 15) is 14.0 Å². The van der Waals surface area contributed by atoms with Gasteiger partial charge in [0.25, 0.3) is 0 Å². The van der Waals surface area contributed by atoms with Crippen molar-refractivity contribution in [3.63, 3.8) is 0 Å². The molecule has 0 spiro atoms. The van der Waals surface area contributed by atoms with Gasteiger partial charge in [-0.1, -0.05) is 6.07 Å². The Morgan fingerprint density at radius 3 is 2.44 bits per heavy atom. The van der Waals surface area contributed by atoms with E-state index >= 15 is 0 Å². The van der Waals surface area contributed by atoms with Gasteiger partial charge in [-0.3, -0.25) is 9.59 Å². The quantitative estimate of drug-likeness (QED) is 0.643. The fraction of sp³-hybridized carbons (Fsp3) is 0.200. The third-order valence-corrected chi connectivity index (χ3v) is 2.18. The van der Waals surface area contributed by atoms with Crippen LogP contribution in [0.1, 0.15) is 21.8 Å². The molecular formula is C10H11FN2O3. The minimum atomic E-state index is -1.07. The van der Waals surface area contributed by atoms with Gasteiger partial charge >= 0.3 is 0 Å². The molecule has 1 aromatic rings. The van der Waals surface area contributed by atoms with E-state index in [2.05, 4.69) is 0 Å². The van der Waals surface area contributed by atoms with E-state index in [4.69, 9.17) is 16.6 Å². The van der Waals surface area contributed by atoms with Crippen molar-refractivity contribution in [2.24, 2.45) is 11.5 Å². The highest BCUT2D eigenvalue weighted by Crippen LogP contribution is 2.20. The Hall–Kier alpha value is -1.95. The molecule has 0 aliphatic rings. The molecule has 0 fully saturated rings. The van der Waals surface area contributed by atoms with Crippen LogP contribution in [0.5, 0.6) is 0 Å². The summed E-state index contributed by atoms with van der Waals surface area (Å²) in [6.07, 6.45) is 0.